The number of fused-ring (bicyclic) bond motifs is 15. The summed E-state index contributed by atoms with van der Waals surface area (Å²) in [6.07, 6.45) is 24.4. The third kappa shape index (κ3) is 8.58. The third-order valence-corrected chi connectivity index (χ3v) is 25.3. The van der Waals surface area contributed by atoms with Gasteiger partial charge in [-0.3, -0.25) is 24.0 Å². The van der Waals surface area contributed by atoms with Crippen LogP contribution in [0.4, 0.5) is 0 Å². The monoisotopic (exact) mass is 1040 g/mol. The summed E-state index contributed by atoms with van der Waals surface area (Å²) in [5, 5.41) is 0. The normalized spacial score (nSPS) is 44.6. The molecule has 0 saturated heterocycles. The lowest BCUT2D eigenvalue weighted by molar-refractivity contribution is -0.166. The van der Waals surface area contributed by atoms with E-state index in [4.69, 9.17) is 18.9 Å². The number of aryl methyl sites for hydroxylation is 1. The Kier molecular flexibility index (Phi) is 13.4. The highest BCUT2D eigenvalue weighted by atomic mass is 16.6. The van der Waals surface area contributed by atoms with Crippen LogP contribution in [0.2, 0.25) is 0 Å². The van der Waals surface area contributed by atoms with Gasteiger partial charge in [0.05, 0.1) is 25.7 Å². The highest BCUT2D eigenvalue weighted by molar-refractivity contribution is 5.91. The zero-order valence-electron chi connectivity index (χ0n) is 47.3. The molecule has 0 spiro atoms. The van der Waals surface area contributed by atoms with Gasteiger partial charge in [0.1, 0.15) is 24.1 Å². The number of esters is 4. The summed E-state index contributed by atoms with van der Waals surface area (Å²) in [5.74, 6) is 5.54. The first-order valence-electron chi connectivity index (χ1n) is 30.8. The molecule has 1 aromatic carbocycles. The first-order chi connectivity index (χ1) is 36.2. The maximum atomic E-state index is 13.6. The van der Waals surface area contributed by atoms with Crippen LogP contribution in [-0.2, 0) is 44.6 Å². The molecule has 8 saturated carbocycles. The van der Waals surface area contributed by atoms with E-state index in [1.165, 1.54) is 35.1 Å². The maximum Gasteiger partial charge on any atom is 0.311 e. The molecule has 0 aromatic heterocycles. The Bertz CT molecular complexity index is 2630. The molecule has 9 nitrogen and oxygen atoms in total. The van der Waals surface area contributed by atoms with Gasteiger partial charge in [0.25, 0.3) is 0 Å². The molecule has 19 atom stereocenters. The van der Waals surface area contributed by atoms with Gasteiger partial charge in [0, 0.05) is 22.7 Å². The van der Waals surface area contributed by atoms with E-state index < -0.39 is 5.97 Å². The van der Waals surface area contributed by atoms with E-state index in [-0.39, 0.29) is 94.8 Å². The van der Waals surface area contributed by atoms with Crippen molar-refractivity contribution in [3.05, 3.63) is 64.8 Å². The fourth-order valence-corrected chi connectivity index (χ4v) is 21.2. The lowest BCUT2D eigenvalue weighted by atomic mass is 9.45. The Morgan fingerprint density at radius 3 is 1.59 bits per heavy atom. The molecule has 0 aliphatic heterocycles. The first kappa shape index (κ1) is 52.7. The van der Waals surface area contributed by atoms with Crippen LogP contribution >= 0.6 is 0 Å². The molecule has 0 N–H and O–H groups in total. The third-order valence-electron chi connectivity index (χ3n) is 25.3. The number of carbonyl (C=O) groups excluding carboxylic acids is 5. The topological polar surface area (TPSA) is 122 Å². The second kappa shape index (κ2) is 19.4. The highest BCUT2D eigenvalue weighted by Gasteiger charge is 2.64. The number of benzene rings is 1. The summed E-state index contributed by atoms with van der Waals surface area (Å²) >= 11 is 0. The Balaban J connectivity index is 0.594. The number of rotatable bonds is 10. The van der Waals surface area contributed by atoms with Crippen molar-refractivity contribution in [2.24, 2.45) is 86.3 Å². The summed E-state index contributed by atoms with van der Waals surface area (Å²) in [5.41, 5.74) is 7.05. The average Bonchev–Trinajstić information content (AvgIpc) is 4.15. The van der Waals surface area contributed by atoms with Crippen LogP contribution < -0.4 is 4.74 Å². The van der Waals surface area contributed by atoms with Crippen LogP contribution in [0.25, 0.3) is 0 Å². The minimum absolute atomic E-state index is 0.00752. The van der Waals surface area contributed by atoms with Crippen molar-refractivity contribution in [1.29, 1.82) is 0 Å². The molecule has 0 bridgehead atoms. The predicted molar refractivity (Wildman–Crippen MR) is 291 cm³/mol. The van der Waals surface area contributed by atoms with E-state index >= 15 is 0 Å². The van der Waals surface area contributed by atoms with Gasteiger partial charge in [-0.2, -0.15) is 0 Å². The van der Waals surface area contributed by atoms with E-state index in [9.17, 15) is 24.0 Å². The van der Waals surface area contributed by atoms with E-state index in [1.54, 1.807) is 5.57 Å². The zero-order chi connectivity index (χ0) is 53.3. The molecule has 412 valence electrons. The molecule has 0 amide bonds. The van der Waals surface area contributed by atoms with Crippen LogP contribution in [0.1, 0.15) is 213 Å². The van der Waals surface area contributed by atoms with Crippen LogP contribution in [0.15, 0.2) is 53.6 Å². The Morgan fingerprint density at radius 2 is 1.03 bits per heavy atom. The van der Waals surface area contributed by atoms with Crippen molar-refractivity contribution in [2.45, 2.75) is 227 Å². The molecule has 11 aliphatic rings. The summed E-state index contributed by atoms with van der Waals surface area (Å²) < 4.78 is 24.8. The summed E-state index contributed by atoms with van der Waals surface area (Å²) in [6.45, 7) is 21.2. The number of allylic oxidation sites excluding steroid dienone is 4. The zero-order valence-corrected chi connectivity index (χ0v) is 47.3. The average molecular weight is 1040 g/mol. The van der Waals surface area contributed by atoms with Crippen molar-refractivity contribution in [3.63, 3.8) is 0 Å². The fourth-order valence-electron chi connectivity index (χ4n) is 21.2. The van der Waals surface area contributed by atoms with Gasteiger partial charge >= 0.3 is 23.9 Å². The van der Waals surface area contributed by atoms with Crippen molar-refractivity contribution >= 4 is 29.7 Å². The second-order valence-corrected chi connectivity index (χ2v) is 28.8. The van der Waals surface area contributed by atoms with Crippen molar-refractivity contribution in [1.82, 2.24) is 0 Å². The molecular weight excluding hydrogens is 949 g/mol. The number of hydrogen-bond acceptors (Lipinski definition) is 9. The molecular formula is C67H90O9. The number of ketones is 1. The summed E-state index contributed by atoms with van der Waals surface area (Å²) in [4.78, 5) is 66.1. The van der Waals surface area contributed by atoms with Gasteiger partial charge in [0.2, 0.25) is 0 Å². The van der Waals surface area contributed by atoms with Gasteiger partial charge < -0.3 is 18.9 Å². The van der Waals surface area contributed by atoms with Gasteiger partial charge in [-0.15, -0.1) is 0 Å². The predicted octanol–water partition coefficient (Wildman–Crippen LogP) is 14.3. The fraction of sp³-hybridized carbons (Fsp3) is 0.746. The van der Waals surface area contributed by atoms with Gasteiger partial charge in [0.15, 0.2) is 5.78 Å². The van der Waals surface area contributed by atoms with Crippen molar-refractivity contribution < 1.29 is 42.9 Å². The Labute approximate surface area is 454 Å². The number of hydrogen-bond donors (Lipinski definition) is 0. The molecule has 0 heterocycles. The van der Waals surface area contributed by atoms with Gasteiger partial charge in [-0.25, -0.2) is 0 Å². The van der Waals surface area contributed by atoms with Crippen LogP contribution in [0, 0.1) is 86.3 Å². The second-order valence-electron chi connectivity index (χ2n) is 28.8. The van der Waals surface area contributed by atoms with Gasteiger partial charge in [-0.05, 0) is 227 Å². The summed E-state index contributed by atoms with van der Waals surface area (Å²) in [7, 11) is 0. The largest absolute Gasteiger partial charge is 0.462 e. The van der Waals surface area contributed by atoms with Crippen molar-refractivity contribution in [2.75, 3.05) is 0 Å². The van der Waals surface area contributed by atoms with E-state index in [2.05, 4.69) is 67.2 Å². The van der Waals surface area contributed by atoms with Crippen LogP contribution in [0.5, 0.6) is 5.75 Å². The molecule has 0 radical (unpaired) electrons. The number of carbonyl (C=O) groups is 5. The molecule has 8 fully saturated rings. The van der Waals surface area contributed by atoms with Crippen LogP contribution in [0.3, 0.4) is 0 Å². The molecule has 12 rings (SSSR count). The first-order valence-corrected chi connectivity index (χ1v) is 30.8. The minimum atomic E-state index is -0.414. The molecule has 19 unspecified atom stereocenters. The summed E-state index contributed by atoms with van der Waals surface area (Å²) in [6, 6.07) is 6.13. The van der Waals surface area contributed by atoms with Gasteiger partial charge in [-0.1, -0.05) is 83.9 Å². The maximum absolute atomic E-state index is 13.6. The van der Waals surface area contributed by atoms with Crippen LogP contribution in [-0.4, -0.2) is 48.0 Å². The van der Waals surface area contributed by atoms with E-state index in [0.717, 1.165) is 109 Å². The molecule has 1 aromatic rings. The quantitative estimate of drug-likeness (QED) is 0.128. The standard InChI is InChI=1S/C67H90O9/c1-38-23-28-63(4)42(33-38)34-39(2)61-50-14-17-56(66(50,7)31-26-52(61)63)76-60(72)22-21-59(71)74-54-16-13-49-48-11-9-41-36-45(10-12-46(41)47(48)25-30-65(49,54)6)73-57(69)19-20-58(70)75-55-18-15-51-62-40(3)35-43-37-44(68)24-29-64(43,5)53(62)27-32-67(51,55)8/h10,12,33,36-37,39-40,47-56,61-62H,1,9,11,13-32,34-35H2,2-8H3. The molecule has 11 aliphatic carbocycles. The number of ether oxygens (including phenoxy) is 4. The molecule has 9 heteroatoms. The smallest absolute Gasteiger partial charge is 0.311 e. The highest BCUT2D eigenvalue weighted by Crippen LogP contribution is 2.69. The van der Waals surface area contributed by atoms with Crippen molar-refractivity contribution in [3.8, 4) is 5.75 Å². The Morgan fingerprint density at radius 1 is 0.539 bits per heavy atom. The lowest BCUT2D eigenvalue weighted by Gasteiger charge is -2.60. The van der Waals surface area contributed by atoms with E-state index in [1.807, 2.05) is 18.2 Å². The SMILES string of the molecule is C=C1C=C2CC(C)C3C(CCC4(C)C(OC(=O)CCC(=O)OC5CCC6C7CCc8cc(OC(=O)CCC(=O)OC9CCC%10C%11C(C)CC%12=CC(=O)CCC%12(C)C%11CCC9%10C)ccc8C7CCC56C)CCC34)C2(C)CC1. The van der Waals surface area contributed by atoms with E-state index in [0.29, 0.717) is 77.3 Å². The Hall–Kier alpha value is -4.01. The molecule has 76 heavy (non-hydrogen) atoms. The minimum Gasteiger partial charge on any atom is -0.462 e. The lowest BCUT2D eigenvalue weighted by Crippen LogP contribution is -2.54.